The van der Waals surface area contributed by atoms with E-state index in [1.54, 1.807) is 0 Å². The van der Waals surface area contributed by atoms with Crippen LogP contribution in [0.1, 0.15) is 10.1 Å². The molecule has 0 saturated heterocycles. The van der Waals surface area contributed by atoms with Crippen molar-refractivity contribution in [1.82, 2.24) is 0 Å². The number of halogens is 3. The second-order valence-corrected chi connectivity index (χ2v) is 9.00. The molecular weight excluding hydrogens is 319 g/mol. The molecule has 0 aliphatic heterocycles. The lowest BCUT2D eigenvalue weighted by atomic mass is 10.2. The van der Waals surface area contributed by atoms with Crippen LogP contribution in [0.15, 0.2) is 24.3 Å². The van der Waals surface area contributed by atoms with Gasteiger partial charge < -0.3 is 0 Å². The van der Waals surface area contributed by atoms with Gasteiger partial charge in [0.15, 0.2) is 0 Å². The molecule has 0 aliphatic carbocycles. The Balaban J connectivity index is 3.41. The molecule has 90 valence electrons. The predicted molar refractivity (Wildman–Crippen MR) is 63.7 cm³/mol. The van der Waals surface area contributed by atoms with E-state index in [2.05, 4.69) is 0 Å². The second-order valence-electron chi connectivity index (χ2n) is 2.83. The Bertz CT molecular complexity index is 545. The van der Waals surface area contributed by atoms with Crippen LogP contribution in [0.25, 0.3) is 0 Å². The molecule has 1 rings (SSSR count). The third-order valence-electron chi connectivity index (χ3n) is 1.65. The average Bonchev–Trinajstić information content (AvgIpc) is 2.03. The van der Waals surface area contributed by atoms with E-state index in [0.29, 0.717) is 5.02 Å². The van der Waals surface area contributed by atoms with Gasteiger partial charge in [-0.2, -0.15) is 0 Å². The van der Waals surface area contributed by atoms with Gasteiger partial charge in [-0.05, 0) is 17.7 Å². The van der Waals surface area contributed by atoms with Gasteiger partial charge in [0.05, 0.1) is 0 Å². The lowest BCUT2D eigenvalue weighted by molar-refractivity contribution is 0.592. The Morgan fingerprint density at radius 2 is 1.25 bits per heavy atom. The Morgan fingerprint density at radius 1 is 0.875 bits per heavy atom. The van der Waals surface area contributed by atoms with E-state index < -0.39 is 22.7 Å². The summed E-state index contributed by atoms with van der Waals surface area (Å²) in [6.45, 7) is 0. The summed E-state index contributed by atoms with van der Waals surface area (Å²) in [6, 6.07) is 5.14. The first kappa shape index (κ1) is 14.1. The van der Waals surface area contributed by atoms with Gasteiger partial charge in [0, 0.05) is 26.4 Å². The molecule has 0 atom stereocenters. The van der Waals surface area contributed by atoms with E-state index in [-0.39, 0.29) is 5.56 Å². The highest BCUT2D eigenvalue weighted by atomic mass is 35.7. The number of hydrogen-bond donors (Lipinski definition) is 0. The maximum absolute atomic E-state index is 11.1. The normalized spacial score (nSPS) is 13.0. The third-order valence-corrected chi connectivity index (χ3v) is 6.70. The summed E-state index contributed by atoms with van der Waals surface area (Å²) in [7, 11) is 1.31. The largest absolute Gasteiger partial charge is 0.255 e. The van der Waals surface area contributed by atoms with E-state index in [0.717, 1.165) is 0 Å². The van der Waals surface area contributed by atoms with Crippen molar-refractivity contribution in [3.05, 3.63) is 34.9 Å². The summed E-state index contributed by atoms with van der Waals surface area (Å²) in [5.41, 5.74) is -0.0607. The lowest BCUT2D eigenvalue weighted by Crippen LogP contribution is -2.14. The van der Waals surface area contributed by atoms with Crippen LogP contribution < -0.4 is 0 Å². The maximum Gasteiger partial charge on any atom is 0.255 e. The van der Waals surface area contributed by atoms with Gasteiger partial charge in [-0.15, -0.1) is 0 Å². The Kier molecular flexibility index (Phi) is 4.13. The second kappa shape index (κ2) is 4.70. The summed E-state index contributed by atoms with van der Waals surface area (Å²) < 4.78 is 42.5. The molecule has 0 aromatic heterocycles. The standard InChI is InChI=1S/C7H5Cl3O4S2/c8-6-3-1-5(2-4-6)7(15(9,11)12)16(10,13)14/h1-4,7H. The Labute approximate surface area is 107 Å². The molecule has 0 fully saturated rings. The lowest BCUT2D eigenvalue weighted by Gasteiger charge is -2.10. The highest BCUT2D eigenvalue weighted by Gasteiger charge is 2.36. The molecule has 0 N–H and O–H groups in total. The number of rotatable bonds is 3. The Hall–Kier alpha value is -0.0100. The van der Waals surface area contributed by atoms with Crippen molar-refractivity contribution in [3.63, 3.8) is 0 Å². The van der Waals surface area contributed by atoms with Gasteiger partial charge in [0.1, 0.15) is 0 Å². The predicted octanol–water partition coefficient (Wildman–Crippen LogP) is 2.48. The van der Waals surface area contributed by atoms with Crippen LogP contribution in [0.2, 0.25) is 5.02 Å². The molecule has 0 amide bonds. The molecule has 0 aliphatic rings. The van der Waals surface area contributed by atoms with Crippen LogP contribution in [0.5, 0.6) is 0 Å². The SMILES string of the molecule is O=S(=O)(Cl)C(c1ccc(Cl)cc1)S(=O)(=O)Cl. The van der Waals surface area contributed by atoms with Crippen LogP contribution in [0.3, 0.4) is 0 Å². The first-order chi connectivity index (χ1) is 7.12. The molecule has 9 heteroatoms. The van der Waals surface area contributed by atoms with Gasteiger partial charge in [-0.3, -0.25) is 0 Å². The van der Waals surface area contributed by atoms with Crippen LogP contribution in [-0.2, 0) is 18.1 Å². The van der Waals surface area contributed by atoms with Gasteiger partial charge in [-0.25, -0.2) is 16.8 Å². The van der Waals surface area contributed by atoms with Crippen LogP contribution in [-0.4, -0.2) is 16.8 Å². The summed E-state index contributed by atoms with van der Waals surface area (Å²) in [4.78, 5) is 0. The molecule has 0 radical (unpaired) electrons. The first-order valence-electron chi connectivity index (χ1n) is 3.75. The minimum Gasteiger partial charge on any atom is -0.210 e. The molecule has 0 saturated carbocycles. The molecule has 0 heterocycles. The van der Waals surface area contributed by atoms with Crippen molar-refractivity contribution in [1.29, 1.82) is 0 Å². The zero-order chi connectivity index (χ0) is 12.6. The van der Waals surface area contributed by atoms with E-state index in [4.69, 9.17) is 33.0 Å². The topological polar surface area (TPSA) is 68.3 Å². The highest BCUT2D eigenvalue weighted by molar-refractivity contribution is 8.28. The molecule has 1 aromatic carbocycles. The van der Waals surface area contributed by atoms with Gasteiger partial charge in [-0.1, -0.05) is 23.7 Å². The summed E-state index contributed by atoms with van der Waals surface area (Å²) in [6.07, 6.45) is 0. The zero-order valence-corrected chi connectivity index (χ0v) is 11.4. The molecular formula is C7H5Cl3O4S2. The van der Waals surface area contributed by atoms with Crippen LogP contribution in [0, 0.1) is 0 Å². The third kappa shape index (κ3) is 3.49. The number of hydrogen-bond acceptors (Lipinski definition) is 4. The minimum atomic E-state index is -4.38. The van der Waals surface area contributed by atoms with Crippen molar-refractivity contribution in [2.75, 3.05) is 0 Å². The van der Waals surface area contributed by atoms with Crippen molar-refractivity contribution >= 4 is 51.1 Å². The van der Waals surface area contributed by atoms with Crippen molar-refractivity contribution in [2.24, 2.45) is 0 Å². The van der Waals surface area contributed by atoms with E-state index in [1.807, 2.05) is 0 Å². The Morgan fingerprint density at radius 3 is 1.56 bits per heavy atom. The quantitative estimate of drug-likeness (QED) is 0.801. The average molecular weight is 324 g/mol. The van der Waals surface area contributed by atoms with Crippen LogP contribution in [0.4, 0.5) is 0 Å². The fourth-order valence-corrected chi connectivity index (χ4v) is 5.95. The molecule has 0 bridgehead atoms. The van der Waals surface area contributed by atoms with E-state index in [9.17, 15) is 16.8 Å². The summed E-state index contributed by atoms with van der Waals surface area (Å²) >= 11 is 5.58. The summed E-state index contributed by atoms with van der Waals surface area (Å²) in [5.74, 6) is 0. The molecule has 1 aromatic rings. The molecule has 4 nitrogen and oxygen atoms in total. The van der Waals surface area contributed by atoms with Crippen LogP contribution >= 0.6 is 33.0 Å². The fourth-order valence-electron chi connectivity index (χ4n) is 1.08. The van der Waals surface area contributed by atoms with Crippen molar-refractivity contribution in [3.8, 4) is 0 Å². The zero-order valence-electron chi connectivity index (χ0n) is 7.47. The highest BCUT2D eigenvalue weighted by Crippen LogP contribution is 2.34. The fraction of sp³-hybridized carbons (Fsp3) is 0.143. The first-order valence-corrected chi connectivity index (χ1v) is 8.87. The minimum absolute atomic E-state index is 0.0607. The van der Waals surface area contributed by atoms with E-state index >= 15 is 0 Å². The number of benzene rings is 1. The smallest absolute Gasteiger partial charge is 0.210 e. The van der Waals surface area contributed by atoms with Gasteiger partial charge in [0.25, 0.3) is 18.1 Å². The summed E-state index contributed by atoms with van der Waals surface area (Å²) in [5, 5.41) is 0.335. The molecule has 0 spiro atoms. The van der Waals surface area contributed by atoms with Crippen molar-refractivity contribution in [2.45, 2.75) is 4.58 Å². The van der Waals surface area contributed by atoms with Gasteiger partial charge >= 0.3 is 0 Å². The maximum atomic E-state index is 11.1. The van der Waals surface area contributed by atoms with E-state index in [1.165, 1.54) is 24.3 Å². The molecule has 0 unspecified atom stereocenters. The van der Waals surface area contributed by atoms with Crippen molar-refractivity contribution < 1.29 is 16.8 Å². The van der Waals surface area contributed by atoms with Gasteiger partial charge in [0.2, 0.25) is 4.58 Å². The monoisotopic (exact) mass is 322 g/mol. The molecule has 16 heavy (non-hydrogen) atoms.